The molecule has 1 aromatic rings. The van der Waals surface area contributed by atoms with Crippen molar-refractivity contribution in [1.82, 2.24) is 4.13 Å². The average molecular weight is 599 g/mol. The van der Waals surface area contributed by atoms with Crippen molar-refractivity contribution in [3.8, 4) is 11.5 Å². The molecule has 0 aromatic heterocycles. The maximum atomic E-state index is 14.1. The Labute approximate surface area is 198 Å². The molecule has 0 aliphatic carbocycles. The Morgan fingerprint density at radius 3 is 1.61 bits per heavy atom. The Bertz CT molecular complexity index is 1350. The molecule has 1 rings (SSSR count). The van der Waals surface area contributed by atoms with Crippen LogP contribution in [0.3, 0.4) is 0 Å². The summed E-state index contributed by atoms with van der Waals surface area (Å²) >= 11 is 0. The van der Waals surface area contributed by atoms with Crippen LogP contribution in [0.2, 0.25) is 0 Å². The minimum absolute atomic E-state index is 0.111. The summed E-state index contributed by atoms with van der Waals surface area (Å²) in [6.07, 6.45) is 0. The van der Waals surface area contributed by atoms with E-state index in [1.807, 2.05) is 0 Å². The smallest absolute Gasteiger partial charge is 0.423 e. The highest BCUT2D eigenvalue weighted by atomic mass is 32.3. The van der Waals surface area contributed by atoms with Crippen LogP contribution in [0.1, 0.15) is 13.8 Å². The molecule has 0 saturated heterocycles. The zero-order chi connectivity index (χ0) is 28.8. The number of carbonyl (C=O) groups is 1. The quantitative estimate of drug-likeness (QED) is 0.133. The summed E-state index contributed by atoms with van der Waals surface area (Å²) in [7, 11) is -21.6. The molecule has 0 bridgehead atoms. The van der Waals surface area contributed by atoms with Gasteiger partial charge in [0.1, 0.15) is 11.5 Å². The Kier molecular flexibility index (Phi) is 8.24. The molecule has 0 spiro atoms. The standard InChI is InChI=1S/C15H13F8NO9S3/c1-8(2)11(25)32-9-4-6-10(7-5-9)33-36(30,31)15(22,23)13(18,19)14(20,21)35(28,29)24-34(26,27)12(3,16)17/h4-7,24H,1H2,2-3H3. The van der Waals surface area contributed by atoms with Gasteiger partial charge < -0.3 is 8.92 Å². The van der Waals surface area contributed by atoms with Gasteiger partial charge in [0.15, 0.2) is 0 Å². The van der Waals surface area contributed by atoms with Crippen molar-refractivity contribution in [2.24, 2.45) is 0 Å². The van der Waals surface area contributed by atoms with E-state index in [0.29, 0.717) is 24.3 Å². The Hall–Kier alpha value is -2.52. The number of alkyl halides is 8. The van der Waals surface area contributed by atoms with Gasteiger partial charge in [-0.1, -0.05) is 10.7 Å². The minimum atomic E-state index is -7.66. The molecule has 0 aliphatic heterocycles. The predicted octanol–water partition coefficient (Wildman–Crippen LogP) is 2.56. The number of sulfonamides is 2. The van der Waals surface area contributed by atoms with Gasteiger partial charge in [0.2, 0.25) is 0 Å². The van der Waals surface area contributed by atoms with E-state index in [-0.39, 0.29) is 11.3 Å². The van der Waals surface area contributed by atoms with Crippen LogP contribution in [0.5, 0.6) is 11.5 Å². The number of esters is 1. The van der Waals surface area contributed by atoms with Crippen molar-refractivity contribution in [2.45, 2.75) is 35.5 Å². The highest BCUT2D eigenvalue weighted by Gasteiger charge is 2.83. The number of carbonyl (C=O) groups excluding carboxylic acids is 1. The summed E-state index contributed by atoms with van der Waals surface area (Å²) in [5.41, 5.74) is -0.111. The molecular weight excluding hydrogens is 586 g/mol. The second kappa shape index (κ2) is 9.41. The van der Waals surface area contributed by atoms with Gasteiger partial charge in [-0.2, -0.15) is 43.5 Å². The van der Waals surface area contributed by atoms with E-state index < -0.39 is 74.6 Å². The van der Waals surface area contributed by atoms with Gasteiger partial charge in [-0.15, -0.1) is 0 Å². The molecule has 0 radical (unpaired) electrons. The molecule has 0 aliphatic rings. The third-order valence-corrected chi connectivity index (χ3v) is 8.59. The normalized spacial score (nSPS) is 14.3. The molecule has 21 heteroatoms. The van der Waals surface area contributed by atoms with E-state index in [9.17, 15) is 65.2 Å². The van der Waals surface area contributed by atoms with Crippen LogP contribution in [-0.2, 0) is 35.0 Å². The van der Waals surface area contributed by atoms with E-state index in [4.69, 9.17) is 0 Å². The van der Waals surface area contributed by atoms with Gasteiger partial charge in [0.25, 0.3) is 20.0 Å². The molecule has 0 amide bonds. The van der Waals surface area contributed by atoms with Gasteiger partial charge in [0.05, 0.1) is 0 Å². The number of nitrogens with one attached hydrogen (secondary N) is 1. The Balaban J connectivity index is 3.36. The average Bonchev–Trinajstić information content (AvgIpc) is 2.66. The van der Waals surface area contributed by atoms with Crippen LogP contribution in [0.25, 0.3) is 0 Å². The lowest BCUT2D eigenvalue weighted by Crippen LogP contribution is -2.64. The van der Waals surface area contributed by atoms with E-state index in [2.05, 4.69) is 15.5 Å². The van der Waals surface area contributed by atoms with Gasteiger partial charge in [-0.05, 0) is 31.2 Å². The molecule has 0 saturated carbocycles. The van der Waals surface area contributed by atoms with Gasteiger partial charge in [-0.3, -0.25) is 0 Å². The molecule has 0 unspecified atom stereocenters. The van der Waals surface area contributed by atoms with Crippen molar-refractivity contribution in [1.29, 1.82) is 0 Å². The zero-order valence-corrected chi connectivity index (χ0v) is 19.9. The third kappa shape index (κ3) is 5.72. The molecule has 0 heterocycles. The predicted molar refractivity (Wildman–Crippen MR) is 103 cm³/mol. The second-order valence-corrected chi connectivity index (χ2v) is 12.2. The van der Waals surface area contributed by atoms with Gasteiger partial charge >= 0.3 is 37.8 Å². The first-order valence-electron chi connectivity index (χ1n) is 8.44. The Morgan fingerprint density at radius 2 is 1.22 bits per heavy atom. The largest absolute Gasteiger partial charge is 0.450 e. The molecule has 36 heavy (non-hydrogen) atoms. The molecule has 0 fully saturated rings. The van der Waals surface area contributed by atoms with Gasteiger partial charge in [0, 0.05) is 12.5 Å². The molecule has 1 aromatic carbocycles. The molecule has 10 nitrogen and oxygen atoms in total. The van der Waals surface area contributed by atoms with E-state index in [0.717, 1.165) is 0 Å². The number of ether oxygens (including phenoxy) is 1. The third-order valence-electron chi connectivity index (χ3n) is 3.66. The number of benzene rings is 1. The first-order valence-corrected chi connectivity index (χ1v) is 12.8. The summed E-state index contributed by atoms with van der Waals surface area (Å²) < 4.78 is 186. The molecule has 206 valence electrons. The van der Waals surface area contributed by atoms with Crippen molar-refractivity contribution in [2.75, 3.05) is 0 Å². The first-order chi connectivity index (χ1) is 15.7. The highest BCUT2D eigenvalue weighted by Crippen LogP contribution is 2.51. The van der Waals surface area contributed by atoms with Crippen molar-refractivity contribution in [3.63, 3.8) is 0 Å². The fourth-order valence-electron chi connectivity index (χ4n) is 1.70. The summed E-state index contributed by atoms with van der Waals surface area (Å²) in [5.74, 6) is -10.1. The van der Waals surface area contributed by atoms with E-state index in [1.165, 1.54) is 6.92 Å². The van der Waals surface area contributed by atoms with Crippen molar-refractivity contribution < 1.29 is 74.1 Å². The van der Waals surface area contributed by atoms with Crippen LogP contribution in [-0.4, -0.2) is 52.9 Å². The SMILES string of the molecule is C=C(C)C(=O)Oc1ccc(OS(=O)(=O)C(F)(F)C(F)(F)C(F)(F)S(=O)(=O)NS(=O)(=O)C(C)(F)F)cc1. The summed E-state index contributed by atoms with van der Waals surface area (Å²) in [4.78, 5) is 11.3. The number of halogens is 8. The number of rotatable bonds is 11. The first kappa shape index (κ1) is 31.5. The van der Waals surface area contributed by atoms with Crippen molar-refractivity contribution >= 4 is 36.1 Å². The van der Waals surface area contributed by atoms with E-state index >= 15 is 0 Å². The maximum Gasteiger partial charge on any atom is 0.450 e. The second-order valence-electron chi connectivity index (χ2n) is 6.68. The molecule has 0 atom stereocenters. The summed E-state index contributed by atoms with van der Waals surface area (Å²) in [6, 6.07) is 2.22. The topological polar surface area (TPSA) is 150 Å². The summed E-state index contributed by atoms with van der Waals surface area (Å²) in [6.45, 7) is 3.88. The van der Waals surface area contributed by atoms with Gasteiger partial charge in [-0.25, -0.2) is 21.6 Å². The number of hydrogen-bond donors (Lipinski definition) is 1. The van der Waals surface area contributed by atoms with Crippen molar-refractivity contribution in [3.05, 3.63) is 36.4 Å². The number of hydrogen-bond acceptors (Lipinski definition) is 9. The highest BCUT2D eigenvalue weighted by molar-refractivity contribution is 8.05. The summed E-state index contributed by atoms with van der Waals surface area (Å²) in [5, 5.41) is -19.6. The van der Waals surface area contributed by atoms with Crippen LogP contribution in [0.4, 0.5) is 35.1 Å². The minimum Gasteiger partial charge on any atom is -0.423 e. The monoisotopic (exact) mass is 599 g/mol. The Morgan fingerprint density at radius 1 is 0.806 bits per heavy atom. The van der Waals surface area contributed by atoms with Crippen LogP contribution >= 0.6 is 0 Å². The lowest BCUT2D eigenvalue weighted by molar-refractivity contribution is -0.245. The van der Waals surface area contributed by atoms with Crippen LogP contribution < -0.4 is 13.0 Å². The maximum absolute atomic E-state index is 14.1. The lowest BCUT2D eigenvalue weighted by atomic mass is 10.3. The fourth-order valence-corrected chi connectivity index (χ4v) is 5.30. The molecule has 1 N–H and O–H groups in total. The zero-order valence-electron chi connectivity index (χ0n) is 17.4. The van der Waals surface area contributed by atoms with E-state index in [1.54, 1.807) is 0 Å². The van der Waals surface area contributed by atoms with Crippen LogP contribution in [0, 0.1) is 0 Å². The van der Waals surface area contributed by atoms with Crippen LogP contribution in [0.15, 0.2) is 36.4 Å². The fraction of sp³-hybridized carbons (Fsp3) is 0.400. The lowest BCUT2D eigenvalue weighted by Gasteiger charge is -2.31. The molecular formula is C15H13F8NO9S3.